The van der Waals surface area contributed by atoms with E-state index in [4.69, 9.17) is 4.74 Å². The van der Waals surface area contributed by atoms with Crippen LogP contribution in [0.4, 0.5) is 0 Å². The van der Waals surface area contributed by atoms with Crippen LogP contribution in [0.1, 0.15) is 46.0 Å². The molecule has 1 unspecified atom stereocenters. The Morgan fingerprint density at radius 3 is 2.56 bits per heavy atom. The van der Waals surface area contributed by atoms with Gasteiger partial charge in [-0.3, -0.25) is 4.99 Å². The number of guanidine groups is 1. The van der Waals surface area contributed by atoms with Gasteiger partial charge >= 0.3 is 0 Å². The second kappa shape index (κ2) is 15.0. The Balaban J connectivity index is 0. The molecule has 4 nitrogen and oxygen atoms in total. The summed E-state index contributed by atoms with van der Waals surface area (Å²) in [6.45, 7) is 6.12. The fraction of sp³-hybridized carbons (Fsp3) is 0.923. The van der Waals surface area contributed by atoms with Gasteiger partial charge in [-0.05, 0) is 19.8 Å². The highest BCUT2D eigenvalue weighted by Gasteiger charge is 2.03. The molecule has 5 heteroatoms. The second-order valence-electron chi connectivity index (χ2n) is 4.39. The van der Waals surface area contributed by atoms with Gasteiger partial charge in [-0.1, -0.05) is 26.2 Å². The summed E-state index contributed by atoms with van der Waals surface area (Å²) in [5.74, 6) is 0.894. The number of aliphatic imine (C=N–C) groups is 1. The molecule has 2 N–H and O–H groups in total. The molecule has 0 saturated carbocycles. The summed E-state index contributed by atoms with van der Waals surface area (Å²) in [7, 11) is 3.54. The van der Waals surface area contributed by atoms with E-state index in [1.54, 1.807) is 7.11 Å². The summed E-state index contributed by atoms with van der Waals surface area (Å²) < 4.78 is 5.00. The van der Waals surface area contributed by atoms with Crippen molar-refractivity contribution in [3.8, 4) is 0 Å². The number of unbranched alkanes of at least 4 members (excludes halogenated alkanes) is 2. The van der Waals surface area contributed by atoms with Crippen LogP contribution in [0.15, 0.2) is 4.99 Å². The number of methoxy groups -OCH3 is 1. The smallest absolute Gasteiger partial charge is 0.191 e. The Bertz CT molecular complexity index is 201. The van der Waals surface area contributed by atoms with Gasteiger partial charge in [0.05, 0.1) is 0 Å². The van der Waals surface area contributed by atoms with Gasteiger partial charge in [-0.15, -0.1) is 24.0 Å². The third-order valence-corrected chi connectivity index (χ3v) is 2.67. The number of nitrogens with one attached hydrogen (secondary N) is 2. The van der Waals surface area contributed by atoms with Crippen LogP contribution < -0.4 is 10.6 Å². The van der Waals surface area contributed by atoms with E-state index in [9.17, 15) is 0 Å². The molecule has 0 heterocycles. The van der Waals surface area contributed by atoms with E-state index in [-0.39, 0.29) is 24.0 Å². The molecule has 0 aromatic heterocycles. The van der Waals surface area contributed by atoms with Gasteiger partial charge in [0.2, 0.25) is 0 Å². The van der Waals surface area contributed by atoms with E-state index in [2.05, 4.69) is 29.5 Å². The van der Waals surface area contributed by atoms with E-state index in [0.29, 0.717) is 6.04 Å². The van der Waals surface area contributed by atoms with Crippen LogP contribution in [0.2, 0.25) is 0 Å². The highest BCUT2D eigenvalue weighted by atomic mass is 127. The lowest BCUT2D eigenvalue weighted by Gasteiger charge is -2.17. The van der Waals surface area contributed by atoms with E-state index in [0.717, 1.165) is 25.5 Å². The number of hydrogen-bond acceptors (Lipinski definition) is 2. The lowest BCUT2D eigenvalue weighted by atomic mass is 10.1. The Hall–Kier alpha value is -0.0400. The van der Waals surface area contributed by atoms with Crippen molar-refractivity contribution in [3.63, 3.8) is 0 Å². The van der Waals surface area contributed by atoms with Crippen LogP contribution in [0, 0.1) is 0 Å². The molecule has 0 fully saturated rings. The number of ether oxygens (including phenoxy) is 1. The first-order chi connectivity index (χ1) is 8.24. The second-order valence-corrected chi connectivity index (χ2v) is 4.39. The summed E-state index contributed by atoms with van der Waals surface area (Å²) >= 11 is 0. The van der Waals surface area contributed by atoms with Crippen molar-refractivity contribution >= 4 is 29.9 Å². The van der Waals surface area contributed by atoms with E-state index < -0.39 is 0 Å². The first-order valence-corrected chi connectivity index (χ1v) is 6.70. The van der Waals surface area contributed by atoms with Crippen LogP contribution in [0.5, 0.6) is 0 Å². The fourth-order valence-electron chi connectivity index (χ4n) is 1.62. The predicted molar refractivity (Wildman–Crippen MR) is 90.0 cm³/mol. The Kier molecular flexibility index (Phi) is 16.9. The third-order valence-electron chi connectivity index (χ3n) is 2.67. The molecule has 0 aliphatic carbocycles. The summed E-state index contributed by atoms with van der Waals surface area (Å²) in [6, 6.07) is 0.482. The largest absolute Gasteiger partial charge is 0.385 e. The van der Waals surface area contributed by atoms with Gasteiger partial charge in [0.25, 0.3) is 0 Å². The van der Waals surface area contributed by atoms with Gasteiger partial charge in [-0.2, -0.15) is 0 Å². The van der Waals surface area contributed by atoms with E-state index in [1.165, 1.54) is 25.7 Å². The first-order valence-electron chi connectivity index (χ1n) is 6.70. The average Bonchev–Trinajstić information content (AvgIpc) is 2.33. The van der Waals surface area contributed by atoms with Gasteiger partial charge in [-0.25, -0.2) is 0 Å². The van der Waals surface area contributed by atoms with Gasteiger partial charge in [0, 0.05) is 33.4 Å². The highest BCUT2D eigenvalue weighted by molar-refractivity contribution is 14.0. The molecule has 110 valence electrons. The quantitative estimate of drug-likeness (QED) is 0.284. The lowest BCUT2D eigenvalue weighted by molar-refractivity contribution is 0.195. The van der Waals surface area contributed by atoms with Crippen molar-refractivity contribution in [1.29, 1.82) is 0 Å². The van der Waals surface area contributed by atoms with Crippen molar-refractivity contribution in [2.75, 3.05) is 27.3 Å². The zero-order chi connectivity index (χ0) is 12.9. The number of hydrogen-bond donors (Lipinski definition) is 2. The maximum absolute atomic E-state index is 5.00. The normalized spacial score (nSPS) is 12.8. The van der Waals surface area contributed by atoms with Crippen molar-refractivity contribution in [3.05, 3.63) is 0 Å². The topological polar surface area (TPSA) is 45.7 Å². The molecular formula is C13H30IN3O. The summed E-state index contributed by atoms with van der Waals surface area (Å²) in [4.78, 5) is 4.21. The van der Waals surface area contributed by atoms with Crippen LogP contribution in [0.3, 0.4) is 0 Å². The monoisotopic (exact) mass is 371 g/mol. The molecule has 0 aromatic carbocycles. The van der Waals surface area contributed by atoms with Crippen molar-refractivity contribution in [2.24, 2.45) is 4.99 Å². The van der Waals surface area contributed by atoms with Crippen LogP contribution >= 0.6 is 24.0 Å². The van der Waals surface area contributed by atoms with Crippen molar-refractivity contribution in [2.45, 2.75) is 52.0 Å². The Labute approximate surface area is 129 Å². The SMILES string of the molecule is CCCCCC(C)NC(=NC)NCCCOC.I. The van der Waals surface area contributed by atoms with Gasteiger partial charge in [0.1, 0.15) is 0 Å². The average molecular weight is 371 g/mol. The summed E-state index contributed by atoms with van der Waals surface area (Å²) in [6.07, 6.45) is 6.07. The predicted octanol–water partition coefficient (Wildman–Crippen LogP) is 2.77. The van der Waals surface area contributed by atoms with Crippen LogP contribution in [0.25, 0.3) is 0 Å². The maximum Gasteiger partial charge on any atom is 0.191 e. The molecule has 0 aromatic rings. The molecule has 0 aliphatic rings. The zero-order valence-electron chi connectivity index (χ0n) is 12.3. The summed E-state index contributed by atoms with van der Waals surface area (Å²) in [5.41, 5.74) is 0. The Morgan fingerprint density at radius 1 is 1.28 bits per heavy atom. The van der Waals surface area contributed by atoms with Gasteiger partial charge in [0.15, 0.2) is 5.96 Å². The van der Waals surface area contributed by atoms with E-state index in [1.807, 2.05) is 7.05 Å². The molecule has 0 radical (unpaired) electrons. The van der Waals surface area contributed by atoms with Gasteiger partial charge < -0.3 is 15.4 Å². The van der Waals surface area contributed by atoms with E-state index >= 15 is 0 Å². The molecule has 18 heavy (non-hydrogen) atoms. The minimum absolute atomic E-state index is 0. The zero-order valence-corrected chi connectivity index (χ0v) is 14.6. The molecular weight excluding hydrogens is 341 g/mol. The van der Waals surface area contributed by atoms with Crippen LogP contribution in [-0.4, -0.2) is 39.3 Å². The molecule has 0 amide bonds. The third kappa shape index (κ3) is 12.4. The number of nitrogens with zero attached hydrogens (tertiary/aromatic N) is 1. The molecule has 0 spiro atoms. The maximum atomic E-state index is 5.00. The minimum atomic E-state index is 0. The Morgan fingerprint density at radius 2 is 2.00 bits per heavy atom. The molecule has 0 bridgehead atoms. The lowest BCUT2D eigenvalue weighted by Crippen LogP contribution is -2.42. The first kappa shape index (κ1) is 20.3. The number of rotatable bonds is 9. The molecule has 1 atom stereocenters. The minimum Gasteiger partial charge on any atom is -0.385 e. The standard InChI is InChI=1S/C13H29N3O.HI/c1-5-6-7-9-12(2)16-13(14-3)15-10-8-11-17-4;/h12H,5-11H2,1-4H3,(H2,14,15,16);1H. The van der Waals surface area contributed by atoms with Crippen LogP contribution in [-0.2, 0) is 4.74 Å². The molecule has 0 rings (SSSR count). The highest BCUT2D eigenvalue weighted by Crippen LogP contribution is 2.02. The van der Waals surface area contributed by atoms with Crippen molar-refractivity contribution < 1.29 is 4.74 Å². The number of halogens is 1. The van der Waals surface area contributed by atoms with Crippen molar-refractivity contribution in [1.82, 2.24) is 10.6 Å². The molecule has 0 aliphatic heterocycles. The fourth-order valence-corrected chi connectivity index (χ4v) is 1.62. The summed E-state index contributed by atoms with van der Waals surface area (Å²) in [5, 5.41) is 6.68. The molecule has 0 saturated heterocycles.